The molecular weight excluding hydrogens is 307 g/mol. The lowest BCUT2D eigenvalue weighted by Crippen LogP contribution is -2.04. The van der Waals surface area contributed by atoms with Crippen molar-refractivity contribution < 1.29 is 9.53 Å². The maximum Gasteiger partial charge on any atom is 0.196 e. The van der Waals surface area contributed by atoms with E-state index in [9.17, 15) is 4.79 Å². The number of hydrogen-bond acceptors (Lipinski definition) is 2. The van der Waals surface area contributed by atoms with Crippen molar-refractivity contribution in [3.05, 3.63) is 62.6 Å². The molecule has 2 rings (SSSR count). The number of carbonyl (C=O) groups is 1. The van der Waals surface area contributed by atoms with E-state index in [4.69, 9.17) is 39.5 Å². The van der Waals surface area contributed by atoms with Crippen LogP contribution in [0.4, 0.5) is 0 Å². The van der Waals surface area contributed by atoms with Crippen LogP contribution in [0.15, 0.2) is 36.4 Å². The average molecular weight is 316 g/mol. The van der Waals surface area contributed by atoms with Crippen molar-refractivity contribution in [3.63, 3.8) is 0 Å². The summed E-state index contributed by atoms with van der Waals surface area (Å²) in [5.41, 5.74) is 0.809. The molecule has 5 heteroatoms. The maximum atomic E-state index is 12.4. The molecule has 0 fully saturated rings. The van der Waals surface area contributed by atoms with E-state index in [1.54, 1.807) is 30.3 Å². The second kappa shape index (κ2) is 5.83. The van der Waals surface area contributed by atoms with Crippen molar-refractivity contribution in [2.75, 3.05) is 7.11 Å². The zero-order valence-electron chi connectivity index (χ0n) is 9.91. The van der Waals surface area contributed by atoms with Crippen molar-refractivity contribution in [2.24, 2.45) is 0 Å². The summed E-state index contributed by atoms with van der Waals surface area (Å²) in [5.74, 6) is 0.235. The second-order valence-electron chi connectivity index (χ2n) is 3.80. The monoisotopic (exact) mass is 314 g/mol. The topological polar surface area (TPSA) is 26.3 Å². The fourth-order valence-electron chi connectivity index (χ4n) is 1.65. The first kappa shape index (κ1) is 14.2. The Morgan fingerprint density at radius 2 is 1.74 bits per heavy atom. The fraction of sp³-hybridized carbons (Fsp3) is 0.0714. The van der Waals surface area contributed by atoms with Gasteiger partial charge in [-0.15, -0.1) is 0 Å². The van der Waals surface area contributed by atoms with Gasteiger partial charge in [0.2, 0.25) is 0 Å². The van der Waals surface area contributed by atoms with Crippen molar-refractivity contribution in [2.45, 2.75) is 0 Å². The highest BCUT2D eigenvalue weighted by molar-refractivity contribution is 6.42. The number of ether oxygens (including phenoxy) is 1. The molecular formula is C14H9Cl3O2. The summed E-state index contributed by atoms with van der Waals surface area (Å²) in [4.78, 5) is 12.4. The molecule has 0 saturated heterocycles. The molecule has 0 aromatic heterocycles. The Bertz CT molecular complexity index is 639. The summed E-state index contributed by atoms with van der Waals surface area (Å²) in [5, 5.41) is 1.19. The zero-order valence-corrected chi connectivity index (χ0v) is 12.2. The average Bonchev–Trinajstić information content (AvgIpc) is 2.41. The first-order valence-corrected chi connectivity index (χ1v) is 6.49. The first-order valence-electron chi connectivity index (χ1n) is 5.36. The molecule has 0 amide bonds. The summed E-state index contributed by atoms with van der Waals surface area (Å²) in [6, 6.07) is 9.57. The Balaban J connectivity index is 2.49. The molecule has 0 spiro atoms. The number of ketones is 1. The number of rotatable bonds is 3. The van der Waals surface area contributed by atoms with Crippen LogP contribution in [0.5, 0.6) is 5.75 Å². The van der Waals surface area contributed by atoms with Gasteiger partial charge >= 0.3 is 0 Å². The van der Waals surface area contributed by atoms with Crippen LogP contribution < -0.4 is 4.74 Å². The highest BCUT2D eigenvalue weighted by Crippen LogP contribution is 2.28. The first-order chi connectivity index (χ1) is 9.02. The summed E-state index contributed by atoms with van der Waals surface area (Å²) >= 11 is 17.6. The van der Waals surface area contributed by atoms with Crippen molar-refractivity contribution in [3.8, 4) is 5.75 Å². The van der Waals surface area contributed by atoms with E-state index in [2.05, 4.69) is 0 Å². The van der Waals surface area contributed by atoms with Gasteiger partial charge in [-0.1, -0.05) is 34.8 Å². The van der Waals surface area contributed by atoms with Crippen molar-refractivity contribution in [1.82, 2.24) is 0 Å². The second-order valence-corrected chi connectivity index (χ2v) is 5.05. The van der Waals surface area contributed by atoms with E-state index in [0.29, 0.717) is 31.9 Å². The van der Waals surface area contributed by atoms with Crippen LogP contribution in [0, 0.1) is 0 Å². The number of carbonyl (C=O) groups excluding carboxylic acids is 1. The molecule has 98 valence electrons. The van der Waals surface area contributed by atoms with Gasteiger partial charge in [0.05, 0.1) is 22.7 Å². The lowest BCUT2D eigenvalue weighted by molar-refractivity contribution is 0.103. The molecule has 0 radical (unpaired) electrons. The van der Waals surface area contributed by atoms with Crippen LogP contribution in [0.25, 0.3) is 0 Å². The van der Waals surface area contributed by atoms with Crippen LogP contribution in [0.1, 0.15) is 15.9 Å². The lowest BCUT2D eigenvalue weighted by Gasteiger charge is -2.08. The van der Waals surface area contributed by atoms with E-state index >= 15 is 0 Å². The normalized spacial score (nSPS) is 10.3. The standard InChI is InChI=1S/C14H9Cl3O2/c1-19-13-5-3-9(15)7-10(13)14(18)8-2-4-11(16)12(17)6-8/h2-7H,1H3. The van der Waals surface area contributed by atoms with Crippen LogP contribution in [0.3, 0.4) is 0 Å². The smallest absolute Gasteiger partial charge is 0.196 e. The molecule has 0 aliphatic carbocycles. The van der Waals surface area contributed by atoms with Gasteiger partial charge in [-0.25, -0.2) is 0 Å². The molecule has 0 unspecified atom stereocenters. The fourth-order valence-corrected chi connectivity index (χ4v) is 2.12. The van der Waals surface area contributed by atoms with E-state index in [-0.39, 0.29) is 5.78 Å². The van der Waals surface area contributed by atoms with Gasteiger partial charge in [-0.3, -0.25) is 4.79 Å². The van der Waals surface area contributed by atoms with Gasteiger partial charge in [0.25, 0.3) is 0 Å². The van der Waals surface area contributed by atoms with E-state index < -0.39 is 0 Å². The molecule has 0 saturated carbocycles. The SMILES string of the molecule is COc1ccc(Cl)cc1C(=O)c1ccc(Cl)c(Cl)c1. The molecule has 2 aromatic rings. The van der Waals surface area contributed by atoms with Gasteiger partial charge in [-0.2, -0.15) is 0 Å². The highest BCUT2D eigenvalue weighted by atomic mass is 35.5. The Labute approximate surface area is 125 Å². The summed E-state index contributed by atoms with van der Waals surface area (Å²) < 4.78 is 5.16. The Morgan fingerprint density at radius 1 is 1.00 bits per heavy atom. The largest absolute Gasteiger partial charge is 0.496 e. The van der Waals surface area contributed by atoms with Crippen LogP contribution in [-0.2, 0) is 0 Å². The Morgan fingerprint density at radius 3 is 2.37 bits per heavy atom. The van der Waals surface area contributed by atoms with Gasteiger partial charge in [-0.05, 0) is 36.4 Å². The number of hydrogen-bond donors (Lipinski definition) is 0. The van der Waals surface area contributed by atoms with Crippen LogP contribution >= 0.6 is 34.8 Å². The molecule has 0 heterocycles. The minimum atomic E-state index is -0.224. The van der Waals surface area contributed by atoms with Crippen LogP contribution in [0.2, 0.25) is 15.1 Å². The quantitative estimate of drug-likeness (QED) is 0.754. The lowest BCUT2D eigenvalue weighted by atomic mass is 10.0. The number of benzene rings is 2. The summed E-state index contributed by atoms with van der Waals surface area (Å²) in [6.45, 7) is 0. The van der Waals surface area contributed by atoms with E-state index in [0.717, 1.165) is 0 Å². The predicted molar refractivity (Wildman–Crippen MR) is 77.9 cm³/mol. The molecule has 19 heavy (non-hydrogen) atoms. The Hall–Kier alpha value is -1.22. The van der Waals surface area contributed by atoms with E-state index in [1.165, 1.54) is 13.2 Å². The van der Waals surface area contributed by atoms with Gasteiger partial charge in [0, 0.05) is 10.6 Å². The maximum absolute atomic E-state index is 12.4. The minimum Gasteiger partial charge on any atom is -0.496 e. The highest BCUT2D eigenvalue weighted by Gasteiger charge is 2.16. The molecule has 0 aliphatic rings. The zero-order chi connectivity index (χ0) is 14.0. The number of halogens is 3. The van der Waals surface area contributed by atoms with Gasteiger partial charge in [0.15, 0.2) is 5.78 Å². The van der Waals surface area contributed by atoms with Crippen LogP contribution in [-0.4, -0.2) is 12.9 Å². The molecule has 2 nitrogen and oxygen atoms in total. The third-order valence-corrected chi connectivity index (χ3v) is 3.56. The third-order valence-electron chi connectivity index (χ3n) is 2.59. The van der Waals surface area contributed by atoms with Gasteiger partial charge in [0.1, 0.15) is 5.75 Å². The van der Waals surface area contributed by atoms with Crippen molar-refractivity contribution in [1.29, 1.82) is 0 Å². The molecule has 0 aliphatic heterocycles. The molecule has 0 atom stereocenters. The summed E-state index contributed by atoms with van der Waals surface area (Å²) in [7, 11) is 1.49. The number of methoxy groups -OCH3 is 1. The molecule has 2 aromatic carbocycles. The third kappa shape index (κ3) is 3.03. The molecule has 0 bridgehead atoms. The predicted octanol–water partition coefficient (Wildman–Crippen LogP) is 4.89. The molecule has 0 N–H and O–H groups in total. The summed E-state index contributed by atoms with van der Waals surface area (Å²) in [6.07, 6.45) is 0. The van der Waals surface area contributed by atoms with E-state index in [1.807, 2.05) is 0 Å². The minimum absolute atomic E-state index is 0.224. The van der Waals surface area contributed by atoms with Crippen molar-refractivity contribution >= 4 is 40.6 Å². The van der Waals surface area contributed by atoms with Gasteiger partial charge < -0.3 is 4.74 Å². The Kier molecular flexibility index (Phi) is 4.35.